The Bertz CT molecular complexity index is 1930. The van der Waals surface area contributed by atoms with Crippen LogP contribution in [-0.4, -0.2) is 18.9 Å². The van der Waals surface area contributed by atoms with Gasteiger partial charge in [0.2, 0.25) is 0 Å². The zero-order chi connectivity index (χ0) is 25.1. The van der Waals surface area contributed by atoms with Crippen molar-refractivity contribution < 1.29 is 25.8 Å². The lowest BCUT2D eigenvalue weighted by Gasteiger charge is -2.14. The summed E-state index contributed by atoms with van der Waals surface area (Å²) in [4.78, 5) is 4.85. The number of halogens is 3. The molecule has 0 spiro atoms. The molecule has 0 atom stereocenters. The third-order valence-electron chi connectivity index (χ3n) is 6.17. The van der Waals surface area contributed by atoms with Crippen molar-refractivity contribution in [2.45, 2.75) is 5.51 Å². The van der Waals surface area contributed by atoms with Crippen molar-refractivity contribution in [2.24, 2.45) is 0 Å². The molecule has 0 radical (unpaired) electrons. The van der Waals surface area contributed by atoms with E-state index in [1.165, 1.54) is 18.2 Å². The fourth-order valence-electron chi connectivity index (χ4n) is 4.54. The van der Waals surface area contributed by atoms with Crippen LogP contribution in [0.1, 0.15) is 0 Å². The van der Waals surface area contributed by atoms with Gasteiger partial charge in [-0.3, -0.25) is 0 Å². The lowest BCUT2D eigenvalue weighted by molar-refractivity contribution is -0.0500. The first-order valence-corrected chi connectivity index (χ1v) is 12.4. The predicted molar refractivity (Wildman–Crippen MR) is 135 cm³/mol. The van der Waals surface area contributed by atoms with Crippen molar-refractivity contribution in [3.8, 4) is 17.0 Å². The lowest BCUT2D eigenvalue weighted by Crippen LogP contribution is -2.28. The van der Waals surface area contributed by atoms with Gasteiger partial charge in [0, 0.05) is 21.7 Å². The van der Waals surface area contributed by atoms with E-state index in [2.05, 4.69) is 4.18 Å². The summed E-state index contributed by atoms with van der Waals surface area (Å²) in [6, 6.07) is 29.5. The number of hydrogen-bond acceptors (Lipinski definition) is 4. The van der Waals surface area contributed by atoms with E-state index in [1.54, 1.807) is 0 Å². The van der Waals surface area contributed by atoms with Crippen LogP contribution in [0.25, 0.3) is 54.5 Å². The van der Waals surface area contributed by atoms with Gasteiger partial charge in [-0.15, -0.1) is 0 Å². The van der Waals surface area contributed by atoms with Crippen molar-refractivity contribution in [2.75, 3.05) is 0 Å². The normalized spacial score (nSPS) is 12.5. The maximum atomic E-state index is 12.9. The Morgan fingerprint density at radius 2 is 1.36 bits per heavy atom. The molecule has 178 valence electrons. The first-order chi connectivity index (χ1) is 17.2. The molecule has 36 heavy (non-hydrogen) atoms. The highest BCUT2D eigenvalue weighted by atomic mass is 32.2. The summed E-state index contributed by atoms with van der Waals surface area (Å²) in [6.07, 6.45) is 0. The fraction of sp³-hybridized carbons (Fsp3) is 0.0357. The molecule has 0 unspecified atom stereocenters. The van der Waals surface area contributed by atoms with Crippen molar-refractivity contribution in [3.63, 3.8) is 0 Å². The van der Waals surface area contributed by atoms with Gasteiger partial charge in [-0.25, -0.2) is 4.98 Å². The first-order valence-electron chi connectivity index (χ1n) is 11.0. The van der Waals surface area contributed by atoms with Crippen LogP contribution in [0.3, 0.4) is 0 Å². The summed E-state index contributed by atoms with van der Waals surface area (Å²) >= 11 is 0. The SMILES string of the molecule is O=S(=O)(Oc1ccc2nc(-c3ccc4ccccc4c3)c3ccc4ccccc4c3c2c1)C(F)(F)F. The van der Waals surface area contributed by atoms with Gasteiger partial charge in [-0.05, 0) is 45.8 Å². The van der Waals surface area contributed by atoms with Crippen molar-refractivity contribution in [1.29, 1.82) is 0 Å². The highest BCUT2D eigenvalue weighted by Crippen LogP contribution is 2.39. The Morgan fingerprint density at radius 3 is 2.14 bits per heavy atom. The standard InChI is InChI=1S/C28H16F3NO3S/c29-28(30,31)36(33,34)35-21-12-14-25-24(16-21)26-22-8-4-3-6-18(22)11-13-23(26)27(32-25)20-10-9-17-5-1-2-7-19(17)15-20/h1-16H. The zero-order valence-electron chi connectivity index (χ0n) is 18.5. The van der Waals surface area contributed by atoms with Gasteiger partial charge in [0.1, 0.15) is 5.75 Å². The minimum atomic E-state index is -5.81. The zero-order valence-corrected chi connectivity index (χ0v) is 19.3. The van der Waals surface area contributed by atoms with Gasteiger partial charge in [0.25, 0.3) is 0 Å². The minimum absolute atomic E-state index is 0.436. The molecule has 0 bridgehead atoms. The Labute approximate surface area is 203 Å². The molecule has 1 heterocycles. The summed E-state index contributed by atoms with van der Waals surface area (Å²) in [5, 5.41) is 5.94. The van der Waals surface area contributed by atoms with Gasteiger partial charge >= 0.3 is 15.6 Å². The molecule has 4 nitrogen and oxygen atoms in total. The number of aromatic nitrogens is 1. The van der Waals surface area contributed by atoms with Crippen LogP contribution in [0, 0.1) is 0 Å². The number of pyridine rings is 1. The van der Waals surface area contributed by atoms with Crippen LogP contribution in [-0.2, 0) is 10.1 Å². The second kappa shape index (κ2) is 7.93. The Balaban J connectivity index is 1.66. The van der Waals surface area contributed by atoms with Crippen molar-refractivity contribution in [1.82, 2.24) is 4.98 Å². The molecule has 0 aliphatic heterocycles. The van der Waals surface area contributed by atoms with E-state index >= 15 is 0 Å². The molecule has 0 aliphatic carbocycles. The van der Waals surface area contributed by atoms with E-state index in [-0.39, 0.29) is 0 Å². The van der Waals surface area contributed by atoms with E-state index in [0.29, 0.717) is 16.6 Å². The average molecular weight is 504 g/mol. The van der Waals surface area contributed by atoms with Crippen LogP contribution >= 0.6 is 0 Å². The average Bonchev–Trinajstić information content (AvgIpc) is 2.86. The summed E-state index contributed by atoms with van der Waals surface area (Å²) in [7, 11) is -5.81. The van der Waals surface area contributed by atoms with E-state index in [9.17, 15) is 21.6 Å². The topological polar surface area (TPSA) is 56.3 Å². The number of hydrogen-bond donors (Lipinski definition) is 0. The molecule has 6 rings (SSSR count). The maximum absolute atomic E-state index is 12.9. The summed E-state index contributed by atoms with van der Waals surface area (Å²) in [5.41, 5.74) is -3.44. The molecule has 6 aromatic rings. The summed E-state index contributed by atoms with van der Waals surface area (Å²) in [6.45, 7) is 0. The smallest absolute Gasteiger partial charge is 0.376 e. The fourth-order valence-corrected chi connectivity index (χ4v) is 4.99. The van der Waals surface area contributed by atoms with Crippen molar-refractivity contribution >= 4 is 53.3 Å². The molecule has 0 saturated carbocycles. The van der Waals surface area contributed by atoms with E-state index in [0.717, 1.165) is 37.9 Å². The molecule has 5 aromatic carbocycles. The van der Waals surface area contributed by atoms with Crippen molar-refractivity contribution in [3.05, 3.63) is 97.1 Å². The minimum Gasteiger partial charge on any atom is -0.376 e. The number of nitrogens with zero attached hydrogens (tertiary/aromatic N) is 1. The monoisotopic (exact) mass is 503 g/mol. The van der Waals surface area contributed by atoms with Crippen LogP contribution in [0.15, 0.2) is 97.1 Å². The summed E-state index contributed by atoms with van der Waals surface area (Å²) in [5.74, 6) is -0.436. The first kappa shape index (κ1) is 22.3. The summed E-state index contributed by atoms with van der Waals surface area (Å²) < 4.78 is 66.4. The second-order valence-electron chi connectivity index (χ2n) is 8.39. The molecular weight excluding hydrogens is 487 g/mol. The highest BCUT2D eigenvalue weighted by Gasteiger charge is 2.48. The number of rotatable bonds is 3. The molecule has 1 aromatic heterocycles. The van der Waals surface area contributed by atoms with Gasteiger partial charge in [-0.2, -0.15) is 21.6 Å². The Kier molecular flexibility index (Phi) is 4.91. The lowest BCUT2D eigenvalue weighted by atomic mass is 9.94. The Hall–Kier alpha value is -4.17. The van der Waals surface area contributed by atoms with Crippen LogP contribution in [0.4, 0.5) is 13.2 Å². The maximum Gasteiger partial charge on any atom is 0.534 e. The van der Waals surface area contributed by atoms with Gasteiger partial charge in [-0.1, -0.05) is 72.8 Å². The number of benzene rings is 5. The molecule has 0 saturated heterocycles. The third kappa shape index (κ3) is 3.61. The highest BCUT2D eigenvalue weighted by molar-refractivity contribution is 7.88. The second-order valence-corrected chi connectivity index (χ2v) is 9.93. The predicted octanol–water partition coefficient (Wildman–Crippen LogP) is 7.59. The van der Waals surface area contributed by atoms with Gasteiger partial charge < -0.3 is 4.18 Å². The van der Waals surface area contributed by atoms with E-state index < -0.39 is 21.4 Å². The molecule has 8 heteroatoms. The van der Waals surface area contributed by atoms with Crippen LogP contribution < -0.4 is 4.18 Å². The Morgan fingerprint density at radius 1 is 0.667 bits per heavy atom. The molecule has 0 amide bonds. The third-order valence-corrected chi connectivity index (χ3v) is 7.14. The quantitative estimate of drug-likeness (QED) is 0.142. The number of fused-ring (bicyclic) bond motifs is 6. The van der Waals surface area contributed by atoms with Crippen LogP contribution in [0.5, 0.6) is 5.75 Å². The van der Waals surface area contributed by atoms with E-state index in [1.807, 2.05) is 78.9 Å². The molecular formula is C28H16F3NO3S. The van der Waals surface area contributed by atoms with Gasteiger partial charge in [0.15, 0.2) is 0 Å². The molecule has 0 fully saturated rings. The van der Waals surface area contributed by atoms with Crippen LogP contribution in [0.2, 0.25) is 0 Å². The van der Waals surface area contributed by atoms with E-state index in [4.69, 9.17) is 4.98 Å². The molecule has 0 aliphatic rings. The number of alkyl halides is 3. The van der Waals surface area contributed by atoms with Gasteiger partial charge in [0.05, 0.1) is 11.2 Å². The molecule has 0 N–H and O–H groups in total. The largest absolute Gasteiger partial charge is 0.534 e.